The standard InChI is InChI=1S/C20H33N5O3S/c1-14(2)19(21)24-20(26)25-11-8-16(9-12-25)15(3)7-10-22-18-6-5-17(13-23-18)29(4,27)28/h5-6,13-16H,7-12H2,1-4H3,(H,22,23)(H2,21,24,26). The maximum absolute atomic E-state index is 12.2. The highest BCUT2D eigenvalue weighted by Crippen LogP contribution is 2.27. The molecule has 0 saturated carbocycles. The smallest absolute Gasteiger partial charge is 0.345 e. The Hall–Kier alpha value is -2.16. The number of likely N-dealkylation sites (tertiary alicyclic amines) is 1. The van der Waals surface area contributed by atoms with Gasteiger partial charge < -0.3 is 16.0 Å². The van der Waals surface area contributed by atoms with Gasteiger partial charge in [0.1, 0.15) is 11.7 Å². The van der Waals surface area contributed by atoms with Crippen molar-refractivity contribution in [2.45, 2.75) is 44.9 Å². The SMILES string of the molecule is CC(C)C(N)=NC(=O)N1CCC(C(C)CCNc2ccc(S(C)(=O)=O)cn2)CC1. The van der Waals surface area contributed by atoms with Gasteiger partial charge in [-0.2, -0.15) is 4.99 Å². The number of nitrogens with two attached hydrogens (primary N) is 1. The molecule has 2 heterocycles. The van der Waals surface area contributed by atoms with Gasteiger partial charge in [-0.3, -0.25) is 0 Å². The zero-order chi connectivity index (χ0) is 21.6. The molecular weight excluding hydrogens is 390 g/mol. The van der Waals surface area contributed by atoms with E-state index in [1.807, 2.05) is 13.8 Å². The fourth-order valence-corrected chi connectivity index (χ4v) is 3.90. The van der Waals surface area contributed by atoms with Gasteiger partial charge in [-0.25, -0.2) is 18.2 Å². The molecule has 0 aromatic carbocycles. The second-order valence-corrected chi connectivity index (χ2v) is 10.2. The second kappa shape index (κ2) is 10.0. The van der Waals surface area contributed by atoms with E-state index < -0.39 is 9.84 Å². The highest BCUT2D eigenvalue weighted by Gasteiger charge is 2.26. The zero-order valence-electron chi connectivity index (χ0n) is 17.8. The van der Waals surface area contributed by atoms with Crippen LogP contribution in [0.5, 0.6) is 0 Å². The molecule has 29 heavy (non-hydrogen) atoms. The summed E-state index contributed by atoms with van der Waals surface area (Å²) in [6, 6.07) is 3.02. The molecule has 1 saturated heterocycles. The van der Waals surface area contributed by atoms with Crippen molar-refractivity contribution in [3.05, 3.63) is 18.3 Å². The molecule has 0 radical (unpaired) electrons. The molecule has 1 fully saturated rings. The van der Waals surface area contributed by atoms with Crippen molar-refractivity contribution >= 4 is 27.5 Å². The maximum atomic E-state index is 12.2. The van der Waals surface area contributed by atoms with Crippen LogP contribution in [0.3, 0.4) is 0 Å². The highest BCUT2D eigenvalue weighted by molar-refractivity contribution is 7.90. The van der Waals surface area contributed by atoms with Crippen molar-refractivity contribution in [2.75, 3.05) is 31.2 Å². The van der Waals surface area contributed by atoms with Crippen molar-refractivity contribution in [3.8, 4) is 0 Å². The molecule has 9 heteroatoms. The topological polar surface area (TPSA) is 118 Å². The van der Waals surface area contributed by atoms with Gasteiger partial charge >= 0.3 is 6.03 Å². The van der Waals surface area contributed by atoms with Gasteiger partial charge in [0.15, 0.2) is 9.84 Å². The Labute approximate surface area is 173 Å². The summed E-state index contributed by atoms with van der Waals surface area (Å²) in [5.41, 5.74) is 5.79. The van der Waals surface area contributed by atoms with Crippen LogP contribution in [0.15, 0.2) is 28.2 Å². The zero-order valence-corrected chi connectivity index (χ0v) is 18.6. The number of amides is 2. The van der Waals surface area contributed by atoms with Crippen molar-refractivity contribution in [2.24, 2.45) is 28.5 Å². The van der Waals surface area contributed by atoms with Crippen LogP contribution < -0.4 is 11.1 Å². The number of anilines is 1. The van der Waals surface area contributed by atoms with Crippen molar-refractivity contribution in [1.29, 1.82) is 0 Å². The Bertz CT molecular complexity index is 813. The second-order valence-electron chi connectivity index (χ2n) is 8.14. The van der Waals surface area contributed by atoms with Gasteiger partial charge in [-0.1, -0.05) is 20.8 Å². The molecule has 1 aliphatic rings. The number of nitrogens with one attached hydrogen (secondary N) is 1. The highest BCUT2D eigenvalue weighted by atomic mass is 32.2. The Morgan fingerprint density at radius 1 is 1.31 bits per heavy atom. The van der Waals surface area contributed by atoms with E-state index in [9.17, 15) is 13.2 Å². The summed E-state index contributed by atoms with van der Waals surface area (Å²) in [6.07, 6.45) is 5.45. The van der Waals surface area contributed by atoms with Crippen LogP contribution in [-0.2, 0) is 9.84 Å². The molecule has 0 aliphatic carbocycles. The third-order valence-electron chi connectivity index (χ3n) is 5.50. The van der Waals surface area contributed by atoms with E-state index in [4.69, 9.17) is 5.73 Å². The lowest BCUT2D eigenvalue weighted by atomic mass is 9.83. The van der Waals surface area contributed by atoms with E-state index in [0.29, 0.717) is 36.6 Å². The molecule has 3 N–H and O–H groups in total. The summed E-state index contributed by atoms with van der Waals surface area (Å²) in [4.78, 5) is 22.4. The number of rotatable bonds is 7. The number of nitrogens with zero attached hydrogens (tertiary/aromatic N) is 3. The van der Waals surface area contributed by atoms with Gasteiger partial charge in [-0.05, 0) is 43.2 Å². The molecule has 1 atom stereocenters. The molecule has 2 amide bonds. The van der Waals surface area contributed by atoms with E-state index >= 15 is 0 Å². The number of hydrogen-bond acceptors (Lipinski definition) is 5. The Kier molecular flexibility index (Phi) is 8.01. The molecule has 162 valence electrons. The number of amidine groups is 1. The first kappa shape index (κ1) is 23.1. The number of piperidine rings is 1. The van der Waals surface area contributed by atoms with Crippen LogP contribution in [0.1, 0.15) is 40.0 Å². The fraction of sp³-hybridized carbons (Fsp3) is 0.650. The summed E-state index contributed by atoms with van der Waals surface area (Å²) >= 11 is 0. The molecule has 2 rings (SSSR count). The number of carbonyl (C=O) groups excluding carboxylic acids is 1. The molecule has 0 spiro atoms. The van der Waals surface area contributed by atoms with E-state index in [1.54, 1.807) is 17.0 Å². The average Bonchev–Trinajstić information content (AvgIpc) is 2.67. The number of aliphatic imine (C=N–C) groups is 1. The number of sulfone groups is 1. The molecule has 1 unspecified atom stereocenters. The fourth-order valence-electron chi connectivity index (χ4n) is 3.34. The summed E-state index contributed by atoms with van der Waals surface area (Å²) in [5.74, 6) is 2.20. The number of urea groups is 1. The molecule has 1 aromatic rings. The van der Waals surface area contributed by atoms with Crippen LogP contribution in [0.25, 0.3) is 0 Å². The van der Waals surface area contributed by atoms with E-state index in [-0.39, 0.29) is 16.8 Å². The number of aromatic nitrogens is 1. The van der Waals surface area contributed by atoms with Crippen LogP contribution in [0, 0.1) is 17.8 Å². The summed E-state index contributed by atoms with van der Waals surface area (Å²) in [7, 11) is -3.22. The molecular formula is C20H33N5O3S. The predicted molar refractivity (Wildman–Crippen MR) is 116 cm³/mol. The largest absolute Gasteiger partial charge is 0.387 e. The van der Waals surface area contributed by atoms with Gasteiger partial charge in [0.05, 0.1) is 4.90 Å². The molecule has 1 aromatic heterocycles. The first-order chi connectivity index (χ1) is 13.6. The first-order valence-electron chi connectivity index (χ1n) is 10.1. The lowest BCUT2D eigenvalue weighted by Crippen LogP contribution is -2.39. The molecule has 0 bridgehead atoms. The van der Waals surface area contributed by atoms with Crippen molar-refractivity contribution < 1.29 is 13.2 Å². The third-order valence-corrected chi connectivity index (χ3v) is 6.60. The number of hydrogen-bond donors (Lipinski definition) is 2. The van der Waals surface area contributed by atoms with E-state index in [2.05, 4.69) is 22.2 Å². The summed E-state index contributed by atoms with van der Waals surface area (Å²) in [5, 5.41) is 3.25. The van der Waals surface area contributed by atoms with Crippen molar-refractivity contribution in [3.63, 3.8) is 0 Å². The Morgan fingerprint density at radius 2 is 1.97 bits per heavy atom. The van der Waals surface area contributed by atoms with Gasteiger partial charge in [0, 0.05) is 38.0 Å². The van der Waals surface area contributed by atoms with E-state index in [1.165, 1.54) is 12.5 Å². The van der Waals surface area contributed by atoms with Crippen LogP contribution in [0.2, 0.25) is 0 Å². The first-order valence-corrected chi connectivity index (χ1v) is 12.0. The Morgan fingerprint density at radius 3 is 2.48 bits per heavy atom. The van der Waals surface area contributed by atoms with Crippen LogP contribution >= 0.6 is 0 Å². The number of carbonyl (C=O) groups is 1. The van der Waals surface area contributed by atoms with Gasteiger partial charge in [0.2, 0.25) is 0 Å². The third kappa shape index (κ3) is 6.99. The monoisotopic (exact) mass is 423 g/mol. The van der Waals surface area contributed by atoms with E-state index in [0.717, 1.165) is 25.8 Å². The lowest BCUT2D eigenvalue weighted by molar-refractivity contribution is 0.158. The predicted octanol–water partition coefficient (Wildman–Crippen LogP) is 2.77. The van der Waals surface area contributed by atoms with Crippen LogP contribution in [-0.4, -0.2) is 56.1 Å². The lowest BCUT2D eigenvalue weighted by Gasteiger charge is -2.34. The average molecular weight is 424 g/mol. The minimum atomic E-state index is -3.22. The molecule has 1 aliphatic heterocycles. The minimum absolute atomic E-state index is 0.0704. The molecule has 8 nitrogen and oxygen atoms in total. The summed E-state index contributed by atoms with van der Waals surface area (Å²) in [6.45, 7) is 8.27. The van der Waals surface area contributed by atoms with Gasteiger partial charge in [0.25, 0.3) is 0 Å². The van der Waals surface area contributed by atoms with Gasteiger partial charge in [-0.15, -0.1) is 0 Å². The summed E-state index contributed by atoms with van der Waals surface area (Å²) < 4.78 is 22.9. The Balaban J connectivity index is 1.75. The normalized spacial score (nSPS) is 17.4. The quantitative estimate of drug-likeness (QED) is 0.514. The minimum Gasteiger partial charge on any atom is -0.387 e. The van der Waals surface area contributed by atoms with Crippen LogP contribution in [0.4, 0.5) is 10.6 Å². The number of pyridine rings is 1. The van der Waals surface area contributed by atoms with Crippen molar-refractivity contribution in [1.82, 2.24) is 9.88 Å². The maximum Gasteiger partial charge on any atom is 0.345 e.